The van der Waals surface area contributed by atoms with Crippen molar-refractivity contribution in [1.29, 1.82) is 0 Å². The molecule has 0 atom stereocenters. The van der Waals surface area contributed by atoms with Crippen LogP contribution in [0.4, 0.5) is 4.79 Å². The molecule has 2 N–H and O–H groups in total. The van der Waals surface area contributed by atoms with E-state index in [-0.39, 0.29) is 18.5 Å². The van der Waals surface area contributed by atoms with E-state index < -0.39 is 5.97 Å². The van der Waals surface area contributed by atoms with Gasteiger partial charge in [-0.25, -0.2) is 4.79 Å². The van der Waals surface area contributed by atoms with Crippen LogP contribution in [0.2, 0.25) is 0 Å². The maximum Gasteiger partial charge on any atom is 0.320 e. The third-order valence-corrected chi connectivity index (χ3v) is 4.26. The van der Waals surface area contributed by atoms with E-state index >= 15 is 0 Å². The molecule has 21 heavy (non-hydrogen) atoms. The molecule has 1 saturated heterocycles. The van der Waals surface area contributed by atoms with Gasteiger partial charge in [0.1, 0.15) is 0 Å². The van der Waals surface area contributed by atoms with Crippen molar-refractivity contribution < 1.29 is 14.7 Å². The van der Waals surface area contributed by atoms with Crippen LogP contribution in [0.15, 0.2) is 0 Å². The van der Waals surface area contributed by atoms with E-state index in [2.05, 4.69) is 12.2 Å². The van der Waals surface area contributed by atoms with Crippen LogP contribution in [0.25, 0.3) is 0 Å². The maximum atomic E-state index is 12.9. The summed E-state index contributed by atoms with van der Waals surface area (Å²) in [5, 5.41) is 12.2. The Kier molecular flexibility index (Phi) is 5.85. The average molecular weight is 297 g/mol. The number of rotatable bonds is 7. The van der Waals surface area contributed by atoms with Crippen molar-refractivity contribution in [3.05, 3.63) is 0 Å². The van der Waals surface area contributed by atoms with Crippen LogP contribution in [-0.2, 0) is 4.79 Å². The smallest absolute Gasteiger partial charge is 0.320 e. The number of hydrogen-bond acceptors (Lipinski definition) is 3. The van der Waals surface area contributed by atoms with Gasteiger partial charge in [-0.1, -0.05) is 6.92 Å². The number of aliphatic carboxylic acids is 1. The predicted octanol–water partition coefficient (Wildman–Crippen LogP) is 1.51. The van der Waals surface area contributed by atoms with Crippen LogP contribution >= 0.6 is 0 Å². The SMILES string of the molecule is CCCN(C(=O)N(CCC(=O)O)C1CC1)C1CCNCC1. The number of nitrogens with one attached hydrogen (secondary N) is 1. The second kappa shape index (κ2) is 7.64. The average Bonchev–Trinajstić information content (AvgIpc) is 3.30. The van der Waals surface area contributed by atoms with Crippen molar-refractivity contribution in [2.24, 2.45) is 0 Å². The number of amides is 2. The lowest BCUT2D eigenvalue weighted by atomic mass is 10.0. The van der Waals surface area contributed by atoms with Crippen molar-refractivity contribution in [3.8, 4) is 0 Å². The summed E-state index contributed by atoms with van der Waals surface area (Å²) >= 11 is 0. The maximum absolute atomic E-state index is 12.9. The Hall–Kier alpha value is -1.30. The summed E-state index contributed by atoms with van der Waals surface area (Å²) in [4.78, 5) is 27.5. The van der Waals surface area contributed by atoms with Gasteiger partial charge in [0.05, 0.1) is 6.42 Å². The van der Waals surface area contributed by atoms with Crippen molar-refractivity contribution in [1.82, 2.24) is 15.1 Å². The molecule has 0 aromatic carbocycles. The topological polar surface area (TPSA) is 72.9 Å². The van der Waals surface area contributed by atoms with Crippen LogP contribution < -0.4 is 5.32 Å². The van der Waals surface area contributed by atoms with Gasteiger partial charge in [0, 0.05) is 25.2 Å². The lowest BCUT2D eigenvalue weighted by Gasteiger charge is -2.38. The van der Waals surface area contributed by atoms with E-state index in [9.17, 15) is 9.59 Å². The number of piperidine rings is 1. The summed E-state index contributed by atoms with van der Waals surface area (Å²) in [6.45, 7) is 5.09. The van der Waals surface area contributed by atoms with Gasteiger partial charge in [0.2, 0.25) is 0 Å². The zero-order valence-electron chi connectivity index (χ0n) is 12.9. The highest BCUT2D eigenvalue weighted by Gasteiger charge is 2.36. The first kappa shape index (κ1) is 16.1. The van der Waals surface area contributed by atoms with Gasteiger partial charge in [-0.2, -0.15) is 0 Å². The number of hydrogen-bond donors (Lipinski definition) is 2. The van der Waals surface area contributed by atoms with Crippen LogP contribution in [0, 0.1) is 0 Å². The summed E-state index contributed by atoms with van der Waals surface area (Å²) in [6, 6.07) is 0.607. The van der Waals surface area contributed by atoms with Crippen LogP contribution in [0.3, 0.4) is 0 Å². The molecule has 2 fully saturated rings. The molecule has 0 radical (unpaired) electrons. The molecule has 0 unspecified atom stereocenters. The molecule has 2 rings (SSSR count). The molecular formula is C15H27N3O3. The van der Waals surface area contributed by atoms with Crippen LogP contribution in [0.1, 0.15) is 45.4 Å². The molecule has 0 aromatic heterocycles. The lowest BCUT2D eigenvalue weighted by molar-refractivity contribution is -0.137. The van der Waals surface area contributed by atoms with Gasteiger partial charge >= 0.3 is 12.0 Å². The largest absolute Gasteiger partial charge is 0.481 e. The van der Waals surface area contributed by atoms with E-state index in [1.165, 1.54) is 0 Å². The molecule has 2 aliphatic rings. The first-order valence-electron chi connectivity index (χ1n) is 8.13. The first-order valence-corrected chi connectivity index (χ1v) is 8.13. The lowest BCUT2D eigenvalue weighted by Crippen LogP contribution is -2.52. The molecular weight excluding hydrogens is 270 g/mol. The molecule has 1 aliphatic carbocycles. The summed E-state index contributed by atoms with van der Waals surface area (Å²) in [7, 11) is 0. The number of carboxylic acid groups (broad SMARTS) is 1. The molecule has 6 heteroatoms. The fourth-order valence-corrected chi connectivity index (χ4v) is 3.00. The summed E-state index contributed by atoms with van der Waals surface area (Å²) in [5.74, 6) is -0.836. The number of carbonyl (C=O) groups excluding carboxylic acids is 1. The highest BCUT2D eigenvalue weighted by Crippen LogP contribution is 2.29. The second-order valence-electron chi connectivity index (χ2n) is 6.03. The summed E-state index contributed by atoms with van der Waals surface area (Å²) in [5.41, 5.74) is 0. The van der Waals surface area contributed by atoms with E-state index in [1.54, 1.807) is 4.90 Å². The van der Waals surface area contributed by atoms with E-state index in [0.717, 1.165) is 51.7 Å². The molecule has 1 aliphatic heterocycles. The van der Waals surface area contributed by atoms with Gasteiger partial charge < -0.3 is 20.2 Å². The third kappa shape index (κ3) is 4.59. The number of urea groups is 1. The molecule has 0 aromatic rings. The molecule has 1 saturated carbocycles. The van der Waals surface area contributed by atoms with E-state index in [4.69, 9.17) is 5.11 Å². The Balaban J connectivity index is 2.01. The predicted molar refractivity (Wildman–Crippen MR) is 80.3 cm³/mol. The second-order valence-corrected chi connectivity index (χ2v) is 6.03. The highest BCUT2D eigenvalue weighted by atomic mass is 16.4. The molecule has 6 nitrogen and oxygen atoms in total. The first-order chi connectivity index (χ1) is 10.1. The minimum absolute atomic E-state index is 0.0361. The van der Waals surface area contributed by atoms with Gasteiger partial charge in [-0.05, 0) is 45.2 Å². The fourth-order valence-electron chi connectivity index (χ4n) is 3.00. The number of nitrogens with zero attached hydrogens (tertiary/aromatic N) is 2. The van der Waals surface area contributed by atoms with Crippen LogP contribution in [-0.4, -0.2) is 65.2 Å². The minimum atomic E-state index is -0.836. The Morgan fingerprint density at radius 2 is 1.62 bits per heavy atom. The highest BCUT2D eigenvalue weighted by molar-refractivity contribution is 5.76. The van der Waals surface area contributed by atoms with E-state index in [1.807, 2.05) is 4.90 Å². The van der Waals surface area contributed by atoms with Crippen LogP contribution in [0.5, 0.6) is 0 Å². The summed E-state index contributed by atoms with van der Waals surface area (Å²) < 4.78 is 0. The Morgan fingerprint density at radius 3 is 2.14 bits per heavy atom. The number of carbonyl (C=O) groups is 2. The van der Waals surface area contributed by atoms with Gasteiger partial charge in [0.25, 0.3) is 0 Å². The third-order valence-electron chi connectivity index (χ3n) is 4.26. The number of carboxylic acids is 1. The monoisotopic (exact) mass is 297 g/mol. The van der Waals surface area contributed by atoms with E-state index in [0.29, 0.717) is 12.6 Å². The minimum Gasteiger partial charge on any atom is -0.481 e. The Bertz CT molecular complexity index is 365. The molecule has 0 spiro atoms. The molecule has 0 bridgehead atoms. The normalized spacial score (nSPS) is 19.3. The van der Waals surface area contributed by atoms with Gasteiger partial charge in [-0.15, -0.1) is 0 Å². The van der Waals surface area contributed by atoms with Crippen molar-refractivity contribution in [2.45, 2.75) is 57.5 Å². The van der Waals surface area contributed by atoms with Crippen molar-refractivity contribution in [2.75, 3.05) is 26.2 Å². The molecule has 1 heterocycles. The van der Waals surface area contributed by atoms with Crippen molar-refractivity contribution >= 4 is 12.0 Å². The Labute approximate surface area is 126 Å². The zero-order chi connectivity index (χ0) is 15.2. The van der Waals surface area contributed by atoms with Crippen molar-refractivity contribution in [3.63, 3.8) is 0 Å². The van der Waals surface area contributed by atoms with Gasteiger partial charge in [0.15, 0.2) is 0 Å². The Morgan fingerprint density at radius 1 is 1.05 bits per heavy atom. The van der Waals surface area contributed by atoms with Gasteiger partial charge in [-0.3, -0.25) is 4.79 Å². The molecule has 120 valence electrons. The summed E-state index contributed by atoms with van der Waals surface area (Å²) in [6.07, 6.45) is 4.98. The molecule has 2 amide bonds. The quantitative estimate of drug-likeness (QED) is 0.747. The fraction of sp³-hybridized carbons (Fsp3) is 0.867. The zero-order valence-corrected chi connectivity index (χ0v) is 12.9. The standard InChI is InChI=1S/C15H27N3O3/c1-2-10-17(13-5-8-16-9-6-13)15(21)18(12-3-4-12)11-7-14(19)20/h12-13,16H,2-11H2,1H3,(H,19,20).